The van der Waals surface area contributed by atoms with Crippen molar-refractivity contribution < 1.29 is 45.2 Å². The number of benzene rings is 2. The van der Waals surface area contributed by atoms with Crippen LogP contribution in [0.3, 0.4) is 0 Å². The molecule has 0 amide bonds. The predicted molar refractivity (Wildman–Crippen MR) is 87.1 cm³/mol. The monoisotopic (exact) mass is 319 g/mol. The average molecular weight is 319 g/mol. The first-order valence-corrected chi connectivity index (χ1v) is 6.70. The second-order valence-corrected chi connectivity index (χ2v) is 4.52. The maximum atomic E-state index is 9.44. The quantitative estimate of drug-likeness (QED) is 0.467. The largest absolute Gasteiger partial charge is 1.00 e. The standard InChI is InChI=1S/C18H17NO3.Na.H/c1-20-16-6-4-5-13(10-16)9-15(12-19)14-7-8-17(21-2)18(11-14)22-3;;/h4-11H,1-3H3;;/q;+1;-1. The van der Waals surface area contributed by atoms with Crippen LogP contribution in [0.2, 0.25) is 0 Å². The molecule has 0 unspecified atom stereocenters. The minimum absolute atomic E-state index is 0. The van der Waals surface area contributed by atoms with Crippen LogP contribution in [0, 0.1) is 11.3 Å². The number of allylic oxidation sites excluding steroid dienone is 1. The number of rotatable bonds is 5. The molecule has 0 fully saturated rings. The van der Waals surface area contributed by atoms with Crippen LogP contribution in [0.15, 0.2) is 42.5 Å². The summed E-state index contributed by atoms with van der Waals surface area (Å²) < 4.78 is 15.7. The Balaban J connectivity index is 0.00000264. The molecule has 0 N–H and O–H groups in total. The molecule has 23 heavy (non-hydrogen) atoms. The summed E-state index contributed by atoms with van der Waals surface area (Å²) in [5, 5.41) is 9.44. The Hall–Kier alpha value is -1.93. The Morgan fingerprint density at radius 2 is 1.74 bits per heavy atom. The zero-order chi connectivity index (χ0) is 15.9. The van der Waals surface area contributed by atoms with E-state index in [1.165, 1.54) is 0 Å². The normalized spacial score (nSPS) is 10.3. The van der Waals surface area contributed by atoms with Crippen molar-refractivity contribution in [2.75, 3.05) is 21.3 Å². The molecule has 0 bridgehead atoms. The predicted octanol–water partition coefficient (Wildman–Crippen LogP) is 0.893. The van der Waals surface area contributed by atoms with Gasteiger partial charge in [0.2, 0.25) is 0 Å². The Labute approximate surface area is 160 Å². The van der Waals surface area contributed by atoms with E-state index in [0.29, 0.717) is 17.1 Å². The minimum Gasteiger partial charge on any atom is -1.00 e. The van der Waals surface area contributed by atoms with E-state index in [4.69, 9.17) is 14.2 Å². The number of hydrogen-bond acceptors (Lipinski definition) is 4. The molecule has 0 aliphatic heterocycles. The third-order valence-corrected chi connectivity index (χ3v) is 3.22. The van der Waals surface area contributed by atoms with Crippen LogP contribution in [0.4, 0.5) is 0 Å². The molecule has 0 radical (unpaired) electrons. The van der Waals surface area contributed by atoms with E-state index in [-0.39, 0.29) is 31.0 Å². The Kier molecular flexibility index (Phi) is 7.70. The number of hydrogen-bond donors (Lipinski definition) is 0. The molecule has 2 aromatic rings. The molecule has 0 aliphatic carbocycles. The molecule has 0 heterocycles. The van der Waals surface area contributed by atoms with E-state index >= 15 is 0 Å². The van der Waals surface area contributed by atoms with Gasteiger partial charge in [0.25, 0.3) is 0 Å². The summed E-state index contributed by atoms with van der Waals surface area (Å²) in [7, 11) is 4.76. The summed E-state index contributed by atoms with van der Waals surface area (Å²) in [6.45, 7) is 0. The summed E-state index contributed by atoms with van der Waals surface area (Å²) in [4.78, 5) is 0. The van der Waals surface area contributed by atoms with E-state index in [9.17, 15) is 5.26 Å². The Morgan fingerprint density at radius 3 is 2.35 bits per heavy atom. The molecule has 0 saturated carbocycles. The van der Waals surface area contributed by atoms with E-state index < -0.39 is 0 Å². The van der Waals surface area contributed by atoms with Crippen molar-refractivity contribution >= 4 is 11.6 Å². The summed E-state index contributed by atoms with van der Waals surface area (Å²) in [6.07, 6.45) is 1.81. The SMILES string of the molecule is COc1cccc(C=C(C#N)c2ccc(OC)c(OC)c2)c1.[H-].[Na+]. The molecule has 0 spiro atoms. The van der Waals surface area contributed by atoms with E-state index in [2.05, 4.69) is 6.07 Å². The average Bonchev–Trinajstić information content (AvgIpc) is 2.59. The Morgan fingerprint density at radius 1 is 1.00 bits per heavy atom. The molecule has 2 aromatic carbocycles. The van der Waals surface area contributed by atoms with E-state index in [1.807, 2.05) is 36.4 Å². The minimum atomic E-state index is 0. The number of ether oxygens (including phenoxy) is 3. The van der Waals surface area contributed by atoms with Crippen molar-refractivity contribution in [1.82, 2.24) is 0 Å². The number of nitrogens with zero attached hydrogens (tertiary/aromatic N) is 1. The van der Waals surface area contributed by atoms with Gasteiger partial charge in [-0.2, -0.15) is 5.26 Å². The zero-order valence-electron chi connectivity index (χ0n) is 14.8. The van der Waals surface area contributed by atoms with E-state index in [0.717, 1.165) is 16.9 Å². The number of methoxy groups -OCH3 is 3. The summed E-state index contributed by atoms with van der Waals surface area (Å²) in [6, 6.07) is 15.1. The van der Waals surface area contributed by atoms with Gasteiger partial charge in [-0.25, -0.2) is 0 Å². The molecule has 0 saturated heterocycles. The topological polar surface area (TPSA) is 51.5 Å². The van der Waals surface area contributed by atoms with Gasteiger partial charge in [-0.05, 0) is 47.5 Å². The zero-order valence-corrected chi connectivity index (χ0v) is 15.8. The van der Waals surface area contributed by atoms with Crippen LogP contribution in [0.1, 0.15) is 12.6 Å². The smallest absolute Gasteiger partial charge is 1.00 e. The van der Waals surface area contributed by atoms with Crippen LogP contribution in [-0.2, 0) is 0 Å². The summed E-state index contributed by atoms with van der Waals surface area (Å²) >= 11 is 0. The van der Waals surface area contributed by atoms with Gasteiger partial charge >= 0.3 is 29.6 Å². The molecule has 0 aromatic heterocycles. The van der Waals surface area contributed by atoms with Crippen molar-refractivity contribution in [3.63, 3.8) is 0 Å². The van der Waals surface area contributed by atoms with Crippen molar-refractivity contribution in [2.45, 2.75) is 0 Å². The maximum Gasteiger partial charge on any atom is 1.00 e. The van der Waals surface area contributed by atoms with Gasteiger partial charge in [0.05, 0.1) is 33.0 Å². The van der Waals surface area contributed by atoms with Gasteiger partial charge in [-0.15, -0.1) is 0 Å². The van der Waals surface area contributed by atoms with Crippen LogP contribution in [0.5, 0.6) is 17.2 Å². The molecular weight excluding hydrogens is 301 g/mol. The van der Waals surface area contributed by atoms with Crippen LogP contribution in [-0.4, -0.2) is 21.3 Å². The van der Waals surface area contributed by atoms with Gasteiger partial charge in [0, 0.05) is 0 Å². The molecular formula is C18H18NNaO3. The Bertz CT molecular complexity index is 741. The molecule has 5 heteroatoms. The molecule has 0 aliphatic rings. The van der Waals surface area contributed by atoms with Gasteiger partial charge < -0.3 is 15.6 Å². The summed E-state index contributed by atoms with van der Waals surface area (Å²) in [5.41, 5.74) is 2.20. The third-order valence-electron chi connectivity index (χ3n) is 3.22. The van der Waals surface area contributed by atoms with Crippen molar-refractivity contribution in [1.29, 1.82) is 5.26 Å². The van der Waals surface area contributed by atoms with Gasteiger partial charge in [0.15, 0.2) is 11.5 Å². The molecule has 0 atom stereocenters. The fourth-order valence-corrected chi connectivity index (χ4v) is 2.08. The van der Waals surface area contributed by atoms with Gasteiger partial charge in [0.1, 0.15) is 5.75 Å². The van der Waals surface area contributed by atoms with Crippen LogP contribution in [0.25, 0.3) is 11.6 Å². The molecule has 2 rings (SSSR count). The molecule has 114 valence electrons. The first-order valence-electron chi connectivity index (χ1n) is 6.70. The van der Waals surface area contributed by atoms with E-state index in [1.54, 1.807) is 33.5 Å². The first-order chi connectivity index (χ1) is 10.7. The third kappa shape index (κ3) is 4.77. The fraction of sp³-hybridized carbons (Fsp3) is 0.167. The fourth-order valence-electron chi connectivity index (χ4n) is 2.08. The van der Waals surface area contributed by atoms with Crippen LogP contribution < -0.4 is 43.8 Å². The maximum absolute atomic E-state index is 9.44. The second kappa shape index (κ2) is 9.26. The first kappa shape index (κ1) is 19.1. The van der Waals surface area contributed by atoms with Crippen molar-refractivity contribution in [3.8, 4) is 23.3 Å². The van der Waals surface area contributed by atoms with Crippen molar-refractivity contribution in [3.05, 3.63) is 53.6 Å². The van der Waals surface area contributed by atoms with Crippen LogP contribution >= 0.6 is 0 Å². The van der Waals surface area contributed by atoms with Crippen molar-refractivity contribution in [2.24, 2.45) is 0 Å². The molecule has 4 nitrogen and oxygen atoms in total. The number of nitriles is 1. The summed E-state index contributed by atoms with van der Waals surface area (Å²) in [5.74, 6) is 1.97. The van der Waals surface area contributed by atoms with Gasteiger partial charge in [-0.1, -0.05) is 12.1 Å². The second-order valence-electron chi connectivity index (χ2n) is 4.52. The van der Waals surface area contributed by atoms with Gasteiger partial charge in [-0.3, -0.25) is 0 Å².